The van der Waals surface area contributed by atoms with E-state index in [1.807, 2.05) is 24.3 Å². The third-order valence-corrected chi connectivity index (χ3v) is 4.07. The second-order valence-electron chi connectivity index (χ2n) is 3.84. The average molecular weight is 265 g/mol. The molecule has 0 unspecified atom stereocenters. The zero-order valence-electron chi connectivity index (χ0n) is 9.76. The lowest BCUT2D eigenvalue weighted by molar-refractivity contribution is 0.581. The van der Waals surface area contributed by atoms with Gasteiger partial charge in [-0.3, -0.25) is 0 Å². The van der Waals surface area contributed by atoms with E-state index in [9.17, 15) is 8.42 Å². The van der Waals surface area contributed by atoms with Crippen LogP contribution in [0.5, 0.6) is 0 Å². The lowest BCUT2D eigenvalue weighted by Crippen LogP contribution is -2.23. The van der Waals surface area contributed by atoms with Crippen molar-refractivity contribution in [2.24, 2.45) is 5.73 Å². The van der Waals surface area contributed by atoms with Crippen molar-refractivity contribution < 1.29 is 8.42 Å². The molecule has 0 fully saturated rings. The van der Waals surface area contributed by atoms with Gasteiger partial charge in [-0.2, -0.15) is 0 Å². The maximum Gasteiger partial charge on any atom is 0.242 e. The summed E-state index contributed by atoms with van der Waals surface area (Å²) in [6.07, 6.45) is 3.01. The standard InChI is InChI=1S/C12H15N3O2S/c13-7-10-3-1-2-4-11(10)8-15-18(16,17)12-5-6-14-9-12/h1-6,9,14-15H,7-8,13H2. The van der Waals surface area contributed by atoms with E-state index in [2.05, 4.69) is 9.71 Å². The van der Waals surface area contributed by atoms with Gasteiger partial charge in [-0.25, -0.2) is 13.1 Å². The minimum atomic E-state index is -3.46. The molecule has 0 aliphatic carbocycles. The van der Waals surface area contributed by atoms with Gasteiger partial charge in [-0.15, -0.1) is 0 Å². The molecule has 1 aromatic carbocycles. The van der Waals surface area contributed by atoms with E-state index in [0.717, 1.165) is 11.1 Å². The molecule has 5 nitrogen and oxygen atoms in total. The summed E-state index contributed by atoms with van der Waals surface area (Å²) in [5.41, 5.74) is 7.43. The minimum Gasteiger partial charge on any atom is -0.366 e. The number of rotatable bonds is 5. The van der Waals surface area contributed by atoms with Crippen LogP contribution in [0.2, 0.25) is 0 Å². The van der Waals surface area contributed by atoms with Crippen molar-refractivity contribution >= 4 is 10.0 Å². The third-order valence-electron chi connectivity index (χ3n) is 2.67. The SMILES string of the molecule is NCc1ccccc1CNS(=O)(=O)c1cc[nH]c1. The topological polar surface area (TPSA) is 88.0 Å². The maximum atomic E-state index is 11.9. The summed E-state index contributed by atoms with van der Waals surface area (Å²) in [7, 11) is -3.46. The molecule has 18 heavy (non-hydrogen) atoms. The lowest BCUT2D eigenvalue weighted by Gasteiger charge is -2.08. The molecule has 0 saturated heterocycles. The van der Waals surface area contributed by atoms with Crippen molar-refractivity contribution in [1.29, 1.82) is 0 Å². The van der Waals surface area contributed by atoms with Gasteiger partial charge in [-0.1, -0.05) is 24.3 Å². The van der Waals surface area contributed by atoms with E-state index >= 15 is 0 Å². The molecule has 6 heteroatoms. The number of hydrogen-bond acceptors (Lipinski definition) is 3. The van der Waals surface area contributed by atoms with Gasteiger partial charge in [0, 0.05) is 25.5 Å². The fourth-order valence-corrected chi connectivity index (χ4v) is 2.64. The highest BCUT2D eigenvalue weighted by Crippen LogP contribution is 2.11. The summed E-state index contributed by atoms with van der Waals surface area (Å²) < 4.78 is 26.4. The summed E-state index contributed by atoms with van der Waals surface area (Å²) in [4.78, 5) is 2.95. The molecular formula is C12H15N3O2S. The summed E-state index contributed by atoms with van der Waals surface area (Å²) in [5, 5.41) is 0. The molecule has 96 valence electrons. The Labute approximate surface area is 106 Å². The van der Waals surface area contributed by atoms with Gasteiger partial charge in [0.25, 0.3) is 0 Å². The van der Waals surface area contributed by atoms with E-state index < -0.39 is 10.0 Å². The first-order valence-corrected chi connectivity index (χ1v) is 7.01. The van der Waals surface area contributed by atoms with Gasteiger partial charge in [0.15, 0.2) is 0 Å². The summed E-state index contributed by atoms with van der Waals surface area (Å²) in [6.45, 7) is 0.628. The second kappa shape index (κ2) is 5.34. The van der Waals surface area contributed by atoms with Crippen LogP contribution in [0.25, 0.3) is 0 Å². The van der Waals surface area contributed by atoms with E-state index in [1.54, 1.807) is 6.20 Å². The van der Waals surface area contributed by atoms with E-state index in [1.165, 1.54) is 12.3 Å². The second-order valence-corrected chi connectivity index (χ2v) is 5.61. The van der Waals surface area contributed by atoms with Crippen LogP contribution < -0.4 is 10.5 Å². The Morgan fingerprint density at radius 3 is 2.50 bits per heavy atom. The van der Waals surface area contributed by atoms with Crippen LogP contribution in [0.1, 0.15) is 11.1 Å². The summed E-state index contributed by atoms with van der Waals surface area (Å²) >= 11 is 0. The fourth-order valence-electron chi connectivity index (χ4n) is 1.66. The molecular weight excluding hydrogens is 250 g/mol. The van der Waals surface area contributed by atoms with Gasteiger partial charge in [-0.05, 0) is 17.2 Å². The van der Waals surface area contributed by atoms with Crippen LogP contribution in [-0.4, -0.2) is 13.4 Å². The van der Waals surface area contributed by atoms with Crippen molar-refractivity contribution in [2.75, 3.05) is 0 Å². The highest BCUT2D eigenvalue weighted by Gasteiger charge is 2.14. The molecule has 0 radical (unpaired) electrons. The Hall–Kier alpha value is -1.63. The first-order chi connectivity index (χ1) is 8.63. The van der Waals surface area contributed by atoms with Crippen molar-refractivity contribution in [3.63, 3.8) is 0 Å². The highest BCUT2D eigenvalue weighted by atomic mass is 32.2. The molecule has 0 saturated carbocycles. The predicted octanol–water partition coefficient (Wildman–Crippen LogP) is 0.952. The Kier molecular flexibility index (Phi) is 3.81. The Morgan fingerprint density at radius 2 is 1.89 bits per heavy atom. The fraction of sp³-hybridized carbons (Fsp3) is 0.167. The highest BCUT2D eigenvalue weighted by molar-refractivity contribution is 7.89. The zero-order chi connectivity index (χ0) is 13.0. The van der Waals surface area contributed by atoms with Gasteiger partial charge in [0.05, 0.1) is 4.90 Å². The molecule has 0 amide bonds. The summed E-state index contributed by atoms with van der Waals surface area (Å²) in [5.74, 6) is 0. The third kappa shape index (κ3) is 2.79. The van der Waals surface area contributed by atoms with Crippen LogP contribution in [0.15, 0.2) is 47.6 Å². The van der Waals surface area contributed by atoms with Gasteiger partial charge in [0.1, 0.15) is 0 Å². The molecule has 1 aromatic heterocycles. The molecule has 0 atom stereocenters. The molecule has 0 bridgehead atoms. The molecule has 2 aromatic rings. The Balaban J connectivity index is 2.13. The van der Waals surface area contributed by atoms with Crippen molar-refractivity contribution in [3.05, 3.63) is 53.9 Å². The number of hydrogen-bond donors (Lipinski definition) is 3. The van der Waals surface area contributed by atoms with Crippen LogP contribution in [0.4, 0.5) is 0 Å². The minimum absolute atomic E-state index is 0.229. The number of H-pyrrole nitrogens is 1. The Bertz CT molecular complexity index is 606. The largest absolute Gasteiger partial charge is 0.366 e. The number of sulfonamides is 1. The van der Waals surface area contributed by atoms with E-state index in [0.29, 0.717) is 6.54 Å². The van der Waals surface area contributed by atoms with Crippen molar-refractivity contribution in [3.8, 4) is 0 Å². The average Bonchev–Trinajstić information content (AvgIpc) is 2.91. The first kappa shape index (κ1) is 12.8. The van der Waals surface area contributed by atoms with Crippen molar-refractivity contribution in [1.82, 2.24) is 9.71 Å². The number of benzene rings is 1. The van der Waals surface area contributed by atoms with Crippen LogP contribution in [-0.2, 0) is 23.1 Å². The van der Waals surface area contributed by atoms with Gasteiger partial charge >= 0.3 is 0 Å². The van der Waals surface area contributed by atoms with Crippen LogP contribution in [0.3, 0.4) is 0 Å². The summed E-state index contributed by atoms with van der Waals surface area (Å²) in [6, 6.07) is 9.00. The maximum absolute atomic E-state index is 11.9. The van der Waals surface area contributed by atoms with Crippen LogP contribution in [0, 0.1) is 0 Å². The molecule has 0 aliphatic heterocycles. The number of aromatic nitrogens is 1. The molecule has 4 N–H and O–H groups in total. The van der Waals surface area contributed by atoms with E-state index in [-0.39, 0.29) is 11.4 Å². The molecule has 0 spiro atoms. The normalized spacial score (nSPS) is 11.6. The number of nitrogens with one attached hydrogen (secondary N) is 2. The number of nitrogens with two attached hydrogens (primary N) is 1. The number of aromatic amines is 1. The smallest absolute Gasteiger partial charge is 0.242 e. The Morgan fingerprint density at radius 1 is 1.17 bits per heavy atom. The zero-order valence-corrected chi connectivity index (χ0v) is 10.6. The molecule has 1 heterocycles. The van der Waals surface area contributed by atoms with Crippen LogP contribution >= 0.6 is 0 Å². The van der Waals surface area contributed by atoms with Gasteiger partial charge < -0.3 is 10.7 Å². The van der Waals surface area contributed by atoms with Gasteiger partial charge in [0.2, 0.25) is 10.0 Å². The molecule has 0 aliphatic rings. The molecule has 2 rings (SSSR count). The first-order valence-electron chi connectivity index (χ1n) is 5.53. The predicted molar refractivity (Wildman–Crippen MR) is 69.2 cm³/mol. The quantitative estimate of drug-likeness (QED) is 0.752. The monoisotopic (exact) mass is 265 g/mol. The van der Waals surface area contributed by atoms with E-state index in [4.69, 9.17) is 5.73 Å². The van der Waals surface area contributed by atoms with Crippen molar-refractivity contribution in [2.45, 2.75) is 18.0 Å². The lowest BCUT2D eigenvalue weighted by atomic mass is 10.1.